The molecule has 3 aromatic rings. The highest BCUT2D eigenvalue weighted by Crippen LogP contribution is 2.30. The van der Waals surface area contributed by atoms with Crippen molar-refractivity contribution >= 4 is 11.6 Å². The molecule has 1 aliphatic rings. The molecule has 2 aromatic heterocycles. The summed E-state index contributed by atoms with van der Waals surface area (Å²) in [6, 6.07) is 15.1. The minimum atomic E-state index is 0.386. The fraction of sp³-hybridized carbons (Fsp3) is 0.350. The third kappa shape index (κ3) is 3.12. The molecule has 0 saturated heterocycles. The molecule has 0 aliphatic carbocycles. The maximum atomic E-state index is 6.69. The number of aromatic nitrogens is 3. The Labute approximate surface area is 153 Å². The summed E-state index contributed by atoms with van der Waals surface area (Å²) in [6.07, 6.45) is 2.17. The van der Waals surface area contributed by atoms with Gasteiger partial charge in [-0.2, -0.15) is 5.10 Å². The van der Waals surface area contributed by atoms with Gasteiger partial charge in [0, 0.05) is 43.1 Å². The number of nitrogens with zero attached hydrogens (tertiary/aromatic N) is 4. The molecule has 4 rings (SSSR count). The fourth-order valence-corrected chi connectivity index (χ4v) is 3.97. The molecule has 0 fully saturated rings. The van der Waals surface area contributed by atoms with Crippen LogP contribution in [0.1, 0.15) is 35.5 Å². The average molecular weight is 355 g/mol. The zero-order valence-electron chi connectivity index (χ0n) is 14.7. The van der Waals surface area contributed by atoms with Gasteiger partial charge in [0.1, 0.15) is 5.15 Å². The lowest BCUT2D eigenvalue weighted by molar-refractivity contribution is 0.160. The average Bonchev–Trinajstić information content (AvgIpc) is 3.19. The minimum Gasteiger partial charge on any atom is -0.349 e. The van der Waals surface area contributed by atoms with Gasteiger partial charge in [0.15, 0.2) is 0 Å². The van der Waals surface area contributed by atoms with Gasteiger partial charge < -0.3 is 4.57 Å². The quantitative estimate of drug-likeness (QED) is 0.699. The van der Waals surface area contributed by atoms with E-state index in [1.807, 2.05) is 22.9 Å². The van der Waals surface area contributed by atoms with E-state index in [0.29, 0.717) is 12.6 Å². The molecule has 0 bridgehead atoms. The summed E-state index contributed by atoms with van der Waals surface area (Å²) in [5.41, 5.74) is 4.75. The molecule has 5 heteroatoms. The van der Waals surface area contributed by atoms with Crippen molar-refractivity contribution in [3.8, 4) is 0 Å². The number of aryl methyl sites for hydroxylation is 1. The van der Waals surface area contributed by atoms with Crippen molar-refractivity contribution in [3.63, 3.8) is 0 Å². The second-order valence-electron chi connectivity index (χ2n) is 6.77. The topological polar surface area (TPSA) is 26.0 Å². The summed E-state index contributed by atoms with van der Waals surface area (Å²) < 4.78 is 4.26. The van der Waals surface area contributed by atoms with Crippen LogP contribution in [-0.4, -0.2) is 25.8 Å². The van der Waals surface area contributed by atoms with Crippen LogP contribution in [0.25, 0.3) is 0 Å². The molecule has 4 nitrogen and oxygen atoms in total. The molecule has 130 valence electrons. The van der Waals surface area contributed by atoms with Crippen molar-refractivity contribution in [3.05, 3.63) is 76.3 Å². The van der Waals surface area contributed by atoms with Gasteiger partial charge >= 0.3 is 0 Å². The van der Waals surface area contributed by atoms with Gasteiger partial charge in [-0.3, -0.25) is 4.90 Å². The first-order chi connectivity index (χ1) is 12.1. The van der Waals surface area contributed by atoms with E-state index in [4.69, 9.17) is 11.6 Å². The Morgan fingerprint density at radius 2 is 1.88 bits per heavy atom. The number of halogens is 1. The van der Waals surface area contributed by atoms with Crippen LogP contribution in [0, 0.1) is 6.92 Å². The first kappa shape index (κ1) is 16.4. The molecule has 0 saturated carbocycles. The summed E-state index contributed by atoms with van der Waals surface area (Å²) in [4.78, 5) is 2.48. The van der Waals surface area contributed by atoms with Gasteiger partial charge in [-0.1, -0.05) is 41.9 Å². The van der Waals surface area contributed by atoms with Crippen molar-refractivity contribution in [1.29, 1.82) is 0 Å². The molecule has 1 unspecified atom stereocenters. The molecule has 0 radical (unpaired) electrons. The molecule has 3 heterocycles. The molecule has 25 heavy (non-hydrogen) atoms. The predicted octanol–water partition coefficient (Wildman–Crippen LogP) is 4.27. The van der Waals surface area contributed by atoms with Crippen molar-refractivity contribution < 1.29 is 0 Å². The molecule has 0 amide bonds. The van der Waals surface area contributed by atoms with E-state index in [9.17, 15) is 0 Å². The van der Waals surface area contributed by atoms with Crippen molar-refractivity contribution in [1.82, 2.24) is 19.2 Å². The van der Waals surface area contributed by atoms with Crippen LogP contribution in [-0.2, 0) is 19.6 Å². The molecule has 1 aliphatic heterocycles. The van der Waals surface area contributed by atoms with E-state index in [-0.39, 0.29) is 0 Å². The zero-order chi connectivity index (χ0) is 17.4. The fourth-order valence-electron chi connectivity index (χ4n) is 3.68. The van der Waals surface area contributed by atoms with Crippen LogP contribution in [0.4, 0.5) is 0 Å². The molecule has 0 spiro atoms. The highest BCUT2D eigenvalue weighted by Gasteiger charge is 2.25. The molecule has 0 N–H and O–H groups in total. The van der Waals surface area contributed by atoms with Crippen LogP contribution in [0.5, 0.6) is 0 Å². The lowest BCUT2D eigenvalue weighted by Gasteiger charge is -2.34. The zero-order valence-corrected chi connectivity index (χ0v) is 15.4. The lowest BCUT2D eigenvalue weighted by Crippen LogP contribution is -2.36. The van der Waals surface area contributed by atoms with Gasteiger partial charge in [0.2, 0.25) is 0 Å². The van der Waals surface area contributed by atoms with Crippen LogP contribution in [0.2, 0.25) is 5.15 Å². The standard InChI is InChI=1S/C20H23ClN4/c1-15-18(14-24-12-11-23-10-6-9-19(23)16(24)2)20(21)25(22-15)13-17-7-4-3-5-8-17/h3-10,16H,11-14H2,1-2H3. The van der Waals surface area contributed by atoms with Gasteiger partial charge in [-0.25, -0.2) is 4.68 Å². The van der Waals surface area contributed by atoms with E-state index < -0.39 is 0 Å². The summed E-state index contributed by atoms with van der Waals surface area (Å²) in [6.45, 7) is 7.93. The Balaban J connectivity index is 1.55. The second kappa shape index (κ2) is 6.70. The number of hydrogen-bond donors (Lipinski definition) is 0. The summed E-state index contributed by atoms with van der Waals surface area (Å²) >= 11 is 6.69. The van der Waals surface area contributed by atoms with Crippen molar-refractivity contribution in [2.45, 2.75) is 39.5 Å². The first-order valence-electron chi connectivity index (χ1n) is 8.78. The molecule has 1 atom stereocenters. The van der Waals surface area contributed by atoms with Crippen LogP contribution < -0.4 is 0 Å². The predicted molar refractivity (Wildman–Crippen MR) is 101 cm³/mol. The Morgan fingerprint density at radius 1 is 1.08 bits per heavy atom. The smallest absolute Gasteiger partial charge is 0.132 e. The van der Waals surface area contributed by atoms with E-state index in [0.717, 1.165) is 36.0 Å². The summed E-state index contributed by atoms with van der Waals surface area (Å²) in [7, 11) is 0. The third-order valence-corrected chi connectivity index (χ3v) is 5.61. The van der Waals surface area contributed by atoms with E-state index >= 15 is 0 Å². The van der Waals surface area contributed by atoms with Gasteiger partial charge in [-0.05, 0) is 31.5 Å². The molecular formula is C20H23ClN4. The monoisotopic (exact) mass is 354 g/mol. The summed E-state index contributed by atoms with van der Waals surface area (Å²) in [5.74, 6) is 0. The minimum absolute atomic E-state index is 0.386. The Hall–Kier alpha value is -2.04. The number of rotatable bonds is 4. The maximum absolute atomic E-state index is 6.69. The Kier molecular flexibility index (Phi) is 4.40. The number of fused-ring (bicyclic) bond motifs is 1. The molecule has 1 aromatic carbocycles. The number of benzene rings is 1. The third-order valence-electron chi connectivity index (χ3n) is 5.19. The van der Waals surface area contributed by atoms with Crippen LogP contribution in [0.15, 0.2) is 48.7 Å². The van der Waals surface area contributed by atoms with E-state index in [1.54, 1.807) is 0 Å². The normalized spacial score (nSPS) is 17.6. The largest absolute Gasteiger partial charge is 0.349 e. The Morgan fingerprint density at radius 3 is 2.68 bits per heavy atom. The Bertz CT molecular complexity index is 865. The van der Waals surface area contributed by atoms with Crippen LogP contribution >= 0.6 is 11.6 Å². The van der Waals surface area contributed by atoms with Gasteiger partial charge in [0.25, 0.3) is 0 Å². The second-order valence-corrected chi connectivity index (χ2v) is 7.13. The van der Waals surface area contributed by atoms with Crippen molar-refractivity contribution in [2.75, 3.05) is 6.54 Å². The van der Waals surface area contributed by atoms with Crippen LogP contribution in [0.3, 0.4) is 0 Å². The van der Waals surface area contributed by atoms with Crippen molar-refractivity contribution in [2.24, 2.45) is 0 Å². The van der Waals surface area contributed by atoms with Gasteiger partial charge in [-0.15, -0.1) is 0 Å². The lowest BCUT2D eigenvalue weighted by atomic mass is 10.1. The highest BCUT2D eigenvalue weighted by molar-refractivity contribution is 6.30. The molecular weight excluding hydrogens is 332 g/mol. The van der Waals surface area contributed by atoms with E-state index in [1.165, 1.54) is 11.3 Å². The SMILES string of the molecule is Cc1nn(Cc2ccccc2)c(Cl)c1CN1CCn2cccc2C1C. The first-order valence-corrected chi connectivity index (χ1v) is 9.16. The highest BCUT2D eigenvalue weighted by atomic mass is 35.5. The summed E-state index contributed by atoms with van der Waals surface area (Å²) in [5, 5.41) is 5.44. The maximum Gasteiger partial charge on any atom is 0.132 e. The van der Waals surface area contributed by atoms with E-state index in [2.05, 4.69) is 58.9 Å². The van der Waals surface area contributed by atoms with Gasteiger partial charge in [0.05, 0.1) is 12.2 Å². The number of hydrogen-bond acceptors (Lipinski definition) is 2.